The van der Waals surface area contributed by atoms with Crippen LogP contribution in [0.5, 0.6) is 0 Å². The van der Waals surface area contributed by atoms with E-state index in [2.05, 4.69) is 20.4 Å². The Morgan fingerprint density at radius 1 is 1.25 bits per heavy atom. The molecule has 2 aromatic heterocycles. The Labute approximate surface area is 139 Å². The van der Waals surface area contributed by atoms with Gasteiger partial charge in [0.15, 0.2) is 12.0 Å². The predicted molar refractivity (Wildman–Crippen MR) is 94.0 cm³/mol. The lowest BCUT2D eigenvalue weighted by atomic mass is 10.1. The second-order valence-corrected chi connectivity index (χ2v) is 5.87. The maximum absolute atomic E-state index is 10.5. The number of nitrogens with two attached hydrogens (primary N) is 1. The van der Waals surface area contributed by atoms with E-state index in [4.69, 9.17) is 5.73 Å². The molecule has 1 atom stereocenters. The van der Waals surface area contributed by atoms with E-state index in [-0.39, 0.29) is 5.95 Å². The van der Waals surface area contributed by atoms with Crippen LogP contribution in [0.15, 0.2) is 24.3 Å². The first-order chi connectivity index (χ1) is 11.4. The second kappa shape index (κ2) is 6.06. The normalized spacial score (nSPS) is 12.8. The summed E-state index contributed by atoms with van der Waals surface area (Å²) in [7, 11) is 5.36. The summed E-state index contributed by atoms with van der Waals surface area (Å²) in [6, 6.07) is 7.72. The molecule has 126 valence electrons. The number of anilines is 2. The summed E-state index contributed by atoms with van der Waals surface area (Å²) in [5.74, 6) is 1.30. The zero-order valence-corrected chi connectivity index (χ0v) is 14.1. The lowest BCUT2D eigenvalue weighted by molar-refractivity contribution is 0.0367. The van der Waals surface area contributed by atoms with E-state index >= 15 is 0 Å². The molecule has 8 heteroatoms. The number of aliphatic hydroxyl groups is 1. The molecule has 1 aromatic carbocycles. The molecule has 0 spiro atoms. The molecule has 0 radical (unpaired) electrons. The third kappa shape index (κ3) is 2.77. The van der Waals surface area contributed by atoms with Crippen molar-refractivity contribution in [3.8, 4) is 5.82 Å². The van der Waals surface area contributed by atoms with Crippen LogP contribution < -0.4 is 11.1 Å². The Balaban J connectivity index is 2.28. The van der Waals surface area contributed by atoms with Crippen molar-refractivity contribution in [2.24, 2.45) is 0 Å². The number of hydrogen-bond acceptors (Lipinski definition) is 7. The van der Waals surface area contributed by atoms with E-state index in [1.807, 2.05) is 25.1 Å². The van der Waals surface area contributed by atoms with Crippen molar-refractivity contribution in [3.63, 3.8) is 0 Å². The van der Waals surface area contributed by atoms with E-state index < -0.39 is 6.23 Å². The molecule has 3 rings (SSSR count). The van der Waals surface area contributed by atoms with Crippen LogP contribution in [0.2, 0.25) is 0 Å². The minimum atomic E-state index is -0.820. The maximum atomic E-state index is 10.5. The van der Waals surface area contributed by atoms with Crippen LogP contribution in [-0.2, 0) is 0 Å². The zero-order chi connectivity index (χ0) is 17.4. The fraction of sp³-hybridized carbons (Fsp3) is 0.312. The lowest BCUT2D eigenvalue weighted by Crippen LogP contribution is -2.20. The van der Waals surface area contributed by atoms with Crippen LogP contribution in [0.25, 0.3) is 16.7 Å². The number of benzene rings is 1. The summed E-state index contributed by atoms with van der Waals surface area (Å²) in [5.41, 5.74) is 8.31. The Bertz CT molecular complexity index is 888. The van der Waals surface area contributed by atoms with Crippen molar-refractivity contribution in [2.45, 2.75) is 13.2 Å². The molecule has 0 bridgehead atoms. The SMILES string of the molecule is CNc1cc(-n2nc(C(O)N(C)C)c3ccc(C)cc32)nc(N)n1. The van der Waals surface area contributed by atoms with Crippen molar-refractivity contribution in [2.75, 3.05) is 32.2 Å². The number of nitrogens with zero attached hydrogens (tertiary/aromatic N) is 5. The van der Waals surface area contributed by atoms with Crippen molar-refractivity contribution in [1.82, 2.24) is 24.6 Å². The smallest absolute Gasteiger partial charge is 0.224 e. The van der Waals surface area contributed by atoms with Gasteiger partial charge in [-0.25, -0.2) is 4.68 Å². The highest BCUT2D eigenvalue weighted by molar-refractivity contribution is 5.84. The van der Waals surface area contributed by atoms with Crippen LogP contribution in [0.3, 0.4) is 0 Å². The summed E-state index contributed by atoms with van der Waals surface area (Å²) in [6.45, 7) is 2.01. The largest absolute Gasteiger partial charge is 0.373 e. The monoisotopic (exact) mass is 327 g/mol. The van der Waals surface area contributed by atoms with Gasteiger partial charge in [0.05, 0.1) is 5.52 Å². The fourth-order valence-corrected chi connectivity index (χ4v) is 2.55. The Hall–Kier alpha value is -2.71. The number of nitrogen functional groups attached to an aromatic ring is 1. The fourth-order valence-electron chi connectivity index (χ4n) is 2.55. The molecule has 0 amide bonds. The van der Waals surface area contributed by atoms with Crippen molar-refractivity contribution in [1.29, 1.82) is 0 Å². The number of fused-ring (bicyclic) bond motifs is 1. The number of rotatable bonds is 4. The average Bonchev–Trinajstić information content (AvgIpc) is 2.91. The van der Waals surface area contributed by atoms with Crippen molar-refractivity contribution >= 4 is 22.7 Å². The molecule has 0 saturated carbocycles. The van der Waals surface area contributed by atoms with E-state index in [9.17, 15) is 5.11 Å². The van der Waals surface area contributed by atoms with Gasteiger partial charge < -0.3 is 16.2 Å². The molecule has 0 saturated heterocycles. The molecule has 0 fully saturated rings. The van der Waals surface area contributed by atoms with Crippen LogP contribution in [-0.4, -0.2) is 50.9 Å². The van der Waals surface area contributed by atoms with Gasteiger partial charge >= 0.3 is 0 Å². The summed E-state index contributed by atoms with van der Waals surface area (Å²) < 4.78 is 1.68. The van der Waals surface area contributed by atoms with E-state index in [0.29, 0.717) is 17.3 Å². The van der Waals surface area contributed by atoms with Crippen molar-refractivity contribution < 1.29 is 5.11 Å². The Kier molecular flexibility index (Phi) is 4.08. The number of nitrogens with one attached hydrogen (secondary N) is 1. The van der Waals surface area contributed by atoms with Gasteiger partial charge in [-0.05, 0) is 32.6 Å². The molecule has 4 N–H and O–H groups in total. The molecular weight excluding hydrogens is 306 g/mol. The van der Waals surface area contributed by atoms with Gasteiger partial charge in [-0.15, -0.1) is 0 Å². The van der Waals surface area contributed by atoms with Gasteiger partial charge in [0.1, 0.15) is 11.5 Å². The van der Waals surface area contributed by atoms with Gasteiger partial charge in [-0.2, -0.15) is 15.1 Å². The van der Waals surface area contributed by atoms with E-state index in [1.54, 1.807) is 36.8 Å². The predicted octanol–water partition coefficient (Wildman–Crippen LogP) is 1.30. The molecule has 8 nitrogen and oxygen atoms in total. The molecule has 0 aliphatic carbocycles. The standard InChI is InChI=1S/C16H21N7O/c1-9-5-6-10-11(7-9)23(21-14(10)15(24)22(3)4)13-8-12(18-2)19-16(17)20-13/h5-8,15,24H,1-4H3,(H3,17,18,19,20). The van der Waals surface area contributed by atoms with Gasteiger partial charge in [0, 0.05) is 18.5 Å². The topological polar surface area (TPSA) is 105 Å². The molecule has 1 unspecified atom stereocenters. The van der Waals surface area contributed by atoms with Crippen molar-refractivity contribution in [3.05, 3.63) is 35.5 Å². The number of aromatic nitrogens is 4. The molecular formula is C16H21N7O. The molecule has 0 aliphatic heterocycles. The molecule has 3 aromatic rings. The lowest BCUT2D eigenvalue weighted by Gasteiger charge is -2.16. The van der Waals surface area contributed by atoms with Gasteiger partial charge in [-0.1, -0.05) is 12.1 Å². The van der Waals surface area contributed by atoms with Crippen LogP contribution >= 0.6 is 0 Å². The molecule has 24 heavy (non-hydrogen) atoms. The van der Waals surface area contributed by atoms with Crippen LogP contribution in [0.1, 0.15) is 17.5 Å². The van der Waals surface area contributed by atoms with Crippen LogP contribution in [0.4, 0.5) is 11.8 Å². The highest BCUT2D eigenvalue weighted by Crippen LogP contribution is 2.28. The summed E-state index contributed by atoms with van der Waals surface area (Å²) >= 11 is 0. The summed E-state index contributed by atoms with van der Waals surface area (Å²) in [5, 5.41) is 18.9. The summed E-state index contributed by atoms with van der Waals surface area (Å²) in [6.07, 6.45) is -0.820. The van der Waals surface area contributed by atoms with E-state index in [0.717, 1.165) is 16.5 Å². The number of aryl methyl sites for hydroxylation is 1. The first kappa shape index (κ1) is 16.2. The van der Waals surface area contributed by atoms with Gasteiger partial charge in [-0.3, -0.25) is 4.90 Å². The highest BCUT2D eigenvalue weighted by atomic mass is 16.3. The summed E-state index contributed by atoms with van der Waals surface area (Å²) in [4.78, 5) is 10.1. The van der Waals surface area contributed by atoms with Gasteiger partial charge in [0.25, 0.3) is 0 Å². The number of aliphatic hydroxyl groups excluding tert-OH is 1. The third-order valence-corrected chi connectivity index (χ3v) is 3.80. The molecule has 0 aliphatic rings. The Morgan fingerprint density at radius 2 is 2.00 bits per heavy atom. The first-order valence-corrected chi connectivity index (χ1v) is 7.57. The average molecular weight is 327 g/mol. The van der Waals surface area contributed by atoms with E-state index in [1.165, 1.54) is 0 Å². The van der Waals surface area contributed by atoms with Crippen LogP contribution in [0, 0.1) is 6.92 Å². The molecule has 2 heterocycles. The zero-order valence-electron chi connectivity index (χ0n) is 14.1. The minimum absolute atomic E-state index is 0.155. The second-order valence-electron chi connectivity index (χ2n) is 5.87. The first-order valence-electron chi connectivity index (χ1n) is 7.57. The third-order valence-electron chi connectivity index (χ3n) is 3.80. The highest BCUT2D eigenvalue weighted by Gasteiger charge is 2.21. The quantitative estimate of drug-likeness (QED) is 0.620. The Morgan fingerprint density at radius 3 is 2.67 bits per heavy atom. The minimum Gasteiger partial charge on any atom is -0.373 e. The van der Waals surface area contributed by atoms with Gasteiger partial charge in [0.2, 0.25) is 5.95 Å². The maximum Gasteiger partial charge on any atom is 0.224 e. The number of hydrogen-bond donors (Lipinski definition) is 3.